The van der Waals surface area contributed by atoms with Gasteiger partial charge in [0.1, 0.15) is 0 Å². The highest BCUT2D eigenvalue weighted by Crippen LogP contribution is 2.38. The first-order valence-corrected chi connectivity index (χ1v) is 14.3. The number of pyridine rings is 1. The molecule has 0 fully saturated rings. The Morgan fingerprint density at radius 2 is 1.02 bits per heavy atom. The van der Waals surface area contributed by atoms with E-state index in [1.807, 2.05) is 12.3 Å². The smallest absolute Gasteiger partial charge is 0.0963 e. The SMILES string of the molecule is c1ccc(-n2c3cc(-c4ccc5c6ccccc6n(-c6ccc7ccccc7c6)c5c4)ccc3c3ncccc32)cc1. The number of hydrogen-bond donors (Lipinski definition) is 0. The van der Waals surface area contributed by atoms with Gasteiger partial charge < -0.3 is 9.13 Å². The van der Waals surface area contributed by atoms with Gasteiger partial charge in [-0.25, -0.2) is 0 Å². The van der Waals surface area contributed by atoms with Gasteiger partial charge in [-0.05, 0) is 82.6 Å². The summed E-state index contributed by atoms with van der Waals surface area (Å²) in [5.74, 6) is 0. The minimum Gasteiger partial charge on any atom is -0.309 e. The topological polar surface area (TPSA) is 22.8 Å². The standard InChI is InChI=1S/C39H25N3/c1-2-11-30(12-3-1)41-36-15-8-22-40-39(36)34-21-18-29(25-38(34)41)28-17-20-33-32-13-6-7-14-35(32)42(37(33)24-28)31-19-16-26-9-4-5-10-27(26)23-31/h1-25H. The van der Waals surface area contributed by atoms with Crippen LogP contribution in [-0.4, -0.2) is 14.1 Å². The molecule has 0 aliphatic carbocycles. The zero-order chi connectivity index (χ0) is 27.6. The Morgan fingerprint density at radius 1 is 0.381 bits per heavy atom. The molecule has 0 N–H and O–H groups in total. The van der Waals surface area contributed by atoms with E-state index in [0.717, 1.165) is 27.6 Å². The monoisotopic (exact) mass is 535 g/mol. The average molecular weight is 536 g/mol. The molecule has 196 valence electrons. The van der Waals surface area contributed by atoms with Crippen molar-refractivity contribution in [1.82, 2.24) is 14.1 Å². The quantitative estimate of drug-likeness (QED) is 0.221. The number of fused-ring (bicyclic) bond motifs is 7. The number of rotatable bonds is 3. The fourth-order valence-corrected chi connectivity index (χ4v) is 6.61. The van der Waals surface area contributed by atoms with Crippen LogP contribution in [0, 0.1) is 0 Å². The van der Waals surface area contributed by atoms with Crippen molar-refractivity contribution in [3.63, 3.8) is 0 Å². The lowest BCUT2D eigenvalue weighted by Crippen LogP contribution is -1.94. The largest absolute Gasteiger partial charge is 0.309 e. The second kappa shape index (κ2) is 8.92. The van der Waals surface area contributed by atoms with Crippen LogP contribution in [-0.2, 0) is 0 Å². The second-order valence-electron chi connectivity index (χ2n) is 10.9. The Kier molecular flexibility index (Phi) is 4.90. The van der Waals surface area contributed by atoms with Crippen molar-refractivity contribution in [2.45, 2.75) is 0 Å². The van der Waals surface area contributed by atoms with Gasteiger partial charge in [-0.1, -0.05) is 84.9 Å². The molecule has 0 radical (unpaired) electrons. The van der Waals surface area contributed by atoms with Crippen molar-refractivity contribution in [2.24, 2.45) is 0 Å². The molecule has 3 nitrogen and oxygen atoms in total. The molecule has 0 unspecified atom stereocenters. The molecule has 0 aliphatic heterocycles. The Labute approximate surface area is 242 Å². The number of para-hydroxylation sites is 2. The highest BCUT2D eigenvalue weighted by Gasteiger charge is 2.16. The third kappa shape index (κ3) is 3.37. The Bertz CT molecular complexity index is 2460. The van der Waals surface area contributed by atoms with Crippen LogP contribution in [0.1, 0.15) is 0 Å². The van der Waals surface area contributed by atoms with E-state index < -0.39 is 0 Å². The molecule has 0 spiro atoms. The van der Waals surface area contributed by atoms with E-state index in [1.165, 1.54) is 49.4 Å². The normalized spacial score (nSPS) is 11.8. The summed E-state index contributed by atoms with van der Waals surface area (Å²) in [5, 5.41) is 6.16. The summed E-state index contributed by atoms with van der Waals surface area (Å²) < 4.78 is 4.73. The number of hydrogen-bond acceptors (Lipinski definition) is 1. The zero-order valence-corrected chi connectivity index (χ0v) is 22.8. The highest BCUT2D eigenvalue weighted by atomic mass is 15.0. The van der Waals surface area contributed by atoms with Gasteiger partial charge in [0, 0.05) is 33.7 Å². The van der Waals surface area contributed by atoms with Gasteiger partial charge in [-0.2, -0.15) is 0 Å². The van der Waals surface area contributed by atoms with Crippen LogP contribution >= 0.6 is 0 Å². The predicted molar refractivity (Wildman–Crippen MR) is 176 cm³/mol. The van der Waals surface area contributed by atoms with Crippen LogP contribution in [0.5, 0.6) is 0 Å². The van der Waals surface area contributed by atoms with Gasteiger partial charge in [-0.15, -0.1) is 0 Å². The van der Waals surface area contributed by atoms with E-state index in [0.29, 0.717) is 0 Å². The van der Waals surface area contributed by atoms with Crippen molar-refractivity contribution in [1.29, 1.82) is 0 Å². The molecule has 0 bridgehead atoms. The lowest BCUT2D eigenvalue weighted by molar-refractivity contribution is 1.17. The van der Waals surface area contributed by atoms with Crippen molar-refractivity contribution in [3.8, 4) is 22.5 Å². The summed E-state index contributed by atoms with van der Waals surface area (Å²) in [5.41, 5.74) is 10.4. The van der Waals surface area contributed by atoms with Crippen molar-refractivity contribution in [3.05, 3.63) is 152 Å². The lowest BCUT2D eigenvalue weighted by atomic mass is 10.0. The van der Waals surface area contributed by atoms with Gasteiger partial charge in [0.25, 0.3) is 0 Å². The molecular formula is C39H25N3. The predicted octanol–water partition coefficient (Wildman–Crippen LogP) is 10.1. The molecular weight excluding hydrogens is 510 g/mol. The molecule has 9 aromatic rings. The van der Waals surface area contributed by atoms with E-state index in [9.17, 15) is 0 Å². The summed E-state index contributed by atoms with van der Waals surface area (Å²) in [4.78, 5) is 4.77. The van der Waals surface area contributed by atoms with E-state index in [2.05, 4.69) is 149 Å². The second-order valence-corrected chi connectivity index (χ2v) is 10.9. The number of nitrogens with zero attached hydrogens (tertiary/aromatic N) is 3. The van der Waals surface area contributed by atoms with E-state index >= 15 is 0 Å². The third-order valence-electron chi connectivity index (χ3n) is 8.53. The Balaban J connectivity index is 1.30. The van der Waals surface area contributed by atoms with Crippen LogP contribution in [0.25, 0.3) is 77.0 Å². The fraction of sp³-hybridized carbons (Fsp3) is 0. The molecule has 0 saturated heterocycles. The van der Waals surface area contributed by atoms with Crippen molar-refractivity contribution in [2.75, 3.05) is 0 Å². The molecule has 3 heteroatoms. The molecule has 0 amide bonds. The first-order valence-electron chi connectivity index (χ1n) is 14.3. The zero-order valence-electron chi connectivity index (χ0n) is 22.8. The molecule has 42 heavy (non-hydrogen) atoms. The van der Waals surface area contributed by atoms with Crippen LogP contribution in [0.4, 0.5) is 0 Å². The first kappa shape index (κ1) is 23.1. The summed E-state index contributed by atoms with van der Waals surface area (Å²) in [7, 11) is 0. The first-order chi connectivity index (χ1) is 20.8. The summed E-state index contributed by atoms with van der Waals surface area (Å²) in [6, 6.07) is 52.4. The van der Waals surface area contributed by atoms with Crippen LogP contribution < -0.4 is 0 Å². The molecule has 0 saturated carbocycles. The average Bonchev–Trinajstić information content (AvgIpc) is 3.57. The number of aromatic nitrogens is 3. The van der Waals surface area contributed by atoms with Gasteiger partial charge in [0.15, 0.2) is 0 Å². The third-order valence-corrected chi connectivity index (χ3v) is 8.53. The maximum absolute atomic E-state index is 4.77. The van der Waals surface area contributed by atoms with Gasteiger partial charge in [0.2, 0.25) is 0 Å². The fourth-order valence-electron chi connectivity index (χ4n) is 6.61. The minimum absolute atomic E-state index is 1.02. The van der Waals surface area contributed by atoms with Gasteiger partial charge in [-0.3, -0.25) is 4.98 Å². The lowest BCUT2D eigenvalue weighted by Gasteiger charge is -2.11. The van der Waals surface area contributed by atoms with E-state index in [1.54, 1.807) is 0 Å². The van der Waals surface area contributed by atoms with Gasteiger partial charge >= 0.3 is 0 Å². The van der Waals surface area contributed by atoms with Crippen LogP contribution in [0.3, 0.4) is 0 Å². The van der Waals surface area contributed by atoms with Gasteiger partial charge in [0.05, 0.1) is 27.6 Å². The molecule has 0 atom stereocenters. The molecule has 9 rings (SSSR count). The molecule has 6 aromatic carbocycles. The maximum Gasteiger partial charge on any atom is 0.0963 e. The highest BCUT2D eigenvalue weighted by molar-refractivity contribution is 6.11. The van der Waals surface area contributed by atoms with Crippen LogP contribution in [0.2, 0.25) is 0 Å². The maximum atomic E-state index is 4.77. The minimum atomic E-state index is 1.02. The number of benzene rings is 6. The van der Waals surface area contributed by atoms with E-state index in [4.69, 9.17) is 4.98 Å². The molecule has 3 heterocycles. The molecule has 0 aliphatic rings. The summed E-state index contributed by atoms with van der Waals surface area (Å²) >= 11 is 0. The van der Waals surface area contributed by atoms with Crippen molar-refractivity contribution < 1.29 is 0 Å². The Hall–Kier alpha value is -5.67. The summed E-state index contributed by atoms with van der Waals surface area (Å²) in [6.45, 7) is 0. The summed E-state index contributed by atoms with van der Waals surface area (Å²) in [6.07, 6.45) is 1.88. The van der Waals surface area contributed by atoms with Crippen molar-refractivity contribution >= 4 is 54.5 Å². The Morgan fingerprint density at radius 3 is 1.88 bits per heavy atom. The van der Waals surface area contributed by atoms with Crippen LogP contribution in [0.15, 0.2) is 152 Å². The molecule has 3 aromatic heterocycles. The van der Waals surface area contributed by atoms with E-state index in [-0.39, 0.29) is 0 Å².